The highest BCUT2D eigenvalue weighted by atomic mass is 16.5. The van der Waals surface area contributed by atoms with E-state index >= 15 is 0 Å². The minimum atomic E-state index is -0.281. The van der Waals surface area contributed by atoms with Crippen LogP contribution < -0.4 is 10.6 Å². The lowest BCUT2D eigenvalue weighted by Gasteiger charge is -2.12. The molecular weight excluding hydrogens is 296 g/mol. The molecule has 3 heterocycles. The zero-order valence-corrected chi connectivity index (χ0v) is 13.2. The summed E-state index contributed by atoms with van der Waals surface area (Å²) < 4.78 is 7.18. The number of hydrogen-bond acceptors (Lipinski definition) is 6. The number of carbonyl (C=O) groups excluding carboxylic acids is 1. The van der Waals surface area contributed by atoms with Crippen LogP contribution in [0.4, 0.5) is 11.8 Å². The van der Waals surface area contributed by atoms with Gasteiger partial charge in [0.15, 0.2) is 0 Å². The van der Waals surface area contributed by atoms with Gasteiger partial charge in [0, 0.05) is 37.9 Å². The van der Waals surface area contributed by atoms with Crippen molar-refractivity contribution in [2.75, 3.05) is 30.9 Å². The highest BCUT2D eigenvalue weighted by Crippen LogP contribution is 2.17. The molecule has 0 aromatic carbocycles. The molecule has 1 aliphatic rings. The minimum absolute atomic E-state index is 0.281. The monoisotopic (exact) mass is 316 g/mol. The molecule has 0 saturated carbocycles. The highest BCUT2D eigenvalue weighted by molar-refractivity contribution is 6.02. The maximum Gasteiger partial charge on any atom is 0.275 e. The summed E-state index contributed by atoms with van der Waals surface area (Å²) in [7, 11) is 1.72. The Morgan fingerprint density at radius 2 is 2.35 bits per heavy atom. The molecule has 23 heavy (non-hydrogen) atoms. The molecule has 3 rings (SSSR count). The van der Waals surface area contributed by atoms with E-state index in [-0.39, 0.29) is 5.91 Å². The van der Waals surface area contributed by atoms with Gasteiger partial charge < -0.3 is 15.4 Å². The van der Waals surface area contributed by atoms with E-state index in [4.69, 9.17) is 4.74 Å². The lowest BCUT2D eigenvalue weighted by molar-refractivity contribution is 0.102. The van der Waals surface area contributed by atoms with Crippen molar-refractivity contribution in [1.29, 1.82) is 0 Å². The van der Waals surface area contributed by atoms with E-state index in [0.717, 1.165) is 31.9 Å². The summed E-state index contributed by atoms with van der Waals surface area (Å²) in [5.41, 5.74) is 1.05. The number of anilines is 2. The van der Waals surface area contributed by atoms with Crippen LogP contribution in [0.3, 0.4) is 0 Å². The SMILES string of the molecule is CNc1nc(C)cc(C(=O)Nc2ccnn2C[C@H]2CCOC2)n1. The number of rotatable bonds is 5. The van der Waals surface area contributed by atoms with Gasteiger partial charge in [-0.2, -0.15) is 5.10 Å². The van der Waals surface area contributed by atoms with Crippen LogP contribution in [-0.4, -0.2) is 45.9 Å². The van der Waals surface area contributed by atoms with E-state index in [1.54, 1.807) is 30.1 Å². The van der Waals surface area contributed by atoms with Gasteiger partial charge in [-0.15, -0.1) is 0 Å². The van der Waals surface area contributed by atoms with Crippen molar-refractivity contribution < 1.29 is 9.53 Å². The first kappa shape index (κ1) is 15.4. The third kappa shape index (κ3) is 3.65. The molecule has 0 aliphatic carbocycles. The first-order chi connectivity index (χ1) is 11.2. The van der Waals surface area contributed by atoms with Crippen LogP contribution in [-0.2, 0) is 11.3 Å². The maximum atomic E-state index is 12.4. The Labute approximate surface area is 134 Å². The Morgan fingerprint density at radius 3 is 3.09 bits per heavy atom. The summed E-state index contributed by atoms with van der Waals surface area (Å²) in [5, 5.41) is 9.99. The van der Waals surface area contributed by atoms with Crippen LogP contribution in [0.15, 0.2) is 18.3 Å². The highest BCUT2D eigenvalue weighted by Gasteiger charge is 2.19. The van der Waals surface area contributed by atoms with E-state index < -0.39 is 0 Å². The zero-order valence-electron chi connectivity index (χ0n) is 13.2. The molecule has 0 radical (unpaired) electrons. The fraction of sp³-hybridized carbons (Fsp3) is 0.467. The molecule has 1 amide bonds. The van der Waals surface area contributed by atoms with Crippen molar-refractivity contribution in [3.05, 3.63) is 29.7 Å². The Kier molecular flexibility index (Phi) is 4.52. The summed E-state index contributed by atoms with van der Waals surface area (Å²) in [4.78, 5) is 20.8. The van der Waals surface area contributed by atoms with Crippen molar-refractivity contribution >= 4 is 17.7 Å². The number of nitrogens with one attached hydrogen (secondary N) is 2. The van der Waals surface area contributed by atoms with Crippen LogP contribution in [0.2, 0.25) is 0 Å². The third-order valence-corrected chi connectivity index (χ3v) is 3.72. The molecule has 2 aromatic heterocycles. The van der Waals surface area contributed by atoms with Crippen molar-refractivity contribution in [3.8, 4) is 0 Å². The van der Waals surface area contributed by atoms with Crippen LogP contribution in [0.5, 0.6) is 0 Å². The van der Waals surface area contributed by atoms with Crippen molar-refractivity contribution in [3.63, 3.8) is 0 Å². The van der Waals surface area contributed by atoms with Gasteiger partial charge in [0.2, 0.25) is 5.95 Å². The summed E-state index contributed by atoms with van der Waals surface area (Å²) in [6.07, 6.45) is 2.69. The molecule has 0 unspecified atom stereocenters. The Morgan fingerprint density at radius 1 is 1.48 bits per heavy atom. The van der Waals surface area contributed by atoms with Crippen LogP contribution in [0.25, 0.3) is 0 Å². The fourth-order valence-electron chi connectivity index (χ4n) is 2.53. The summed E-state index contributed by atoms with van der Waals surface area (Å²) in [6.45, 7) is 4.08. The molecule has 0 bridgehead atoms. The second kappa shape index (κ2) is 6.74. The Hall–Kier alpha value is -2.48. The van der Waals surface area contributed by atoms with Gasteiger partial charge in [-0.05, 0) is 19.4 Å². The molecule has 1 aliphatic heterocycles. The van der Waals surface area contributed by atoms with Crippen LogP contribution >= 0.6 is 0 Å². The van der Waals surface area contributed by atoms with Gasteiger partial charge in [0.05, 0.1) is 12.8 Å². The summed E-state index contributed by atoms with van der Waals surface area (Å²) in [5.74, 6) is 1.23. The third-order valence-electron chi connectivity index (χ3n) is 3.72. The average Bonchev–Trinajstić information content (AvgIpc) is 3.19. The predicted octanol–water partition coefficient (Wildman–Crippen LogP) is 1.31. The zero-order chi connectivity index (χ0) is 16.2. The van der Waals surface area contributed by atoms with Crippen LogP contribution in [0.1, 0.15) is 22.6 Å². The lowest BCUT2D eigenvalue weighted by Crippen LogP contribution is -2.20. The lowest BCUT2D eigenvalue weighted by atomic mass is 10.1. The fourth-order valence-corrected chi connectivity index (χ4v) is 2.53. The van der Waals surface area contributed by atoms with E-state index in [1.807, 2.05) is 6.92 Å². The van der Waals surface area contributed by atoms with E-state index in [0.29, 0.717) is 23.4 Å². The first-order valence-electron chi connectivity index (χ1n) is 7.60. The Bertz CT molecular complexity index is 693. The van der Waals surface area contributed by atoms with Crippen molar-refractivity contribution in [1.82, 2.24) is 19.7 Å². The number of nitrogens with zero attached hydrogens (tertiary/aromatic N) is 4. The smallest absolute Gasteiger partial charge is 0.275 e. The number of amides is 1. The molecule has 1 fully saturated rings. The van der Waals surface area contributed by atoms with Crippen molar-refractivity contribution in [2.45, 2.75) is 19.9 Å². The predicted molar refractivity (Wildman–Crippen MR) is 85.4 cm³/mol. The Balaban J connectivity index is 1.73. The molecule has 2 N–H and O–H groups in total. The molecule has 8 nitrogen and oxygen atoms in total. The number of carbonyl (C=O) groups is 1. The molecule has 2 aromatic rings. The normalized spacial score (nSPS) is 17.2. The summed E-state index contributed by atoms with van der Waals surface area (Å²) in [6, 6.07) is 3.43. The number of aryl methyl sites for hydroxylation is 1. The maximum absolute atomic E-state index is 12.4. The molecular formula is C15H20N6O2. The standard InChI is InChI=1S/C15H20N6O2/c1-10-7-12(19-15(16-2)18-10)14(22)20-13-3-5-17-21(13)8-11-4-6-23-9-11/h3,5,7,11H,4,6,8-9H2,1-2H3,(H,20,22)(H,16,18,19)/t11-/m1/s1. The van der Waals surface area contributed by atoms with E-state index in [1.165, 1.54) is 0 Å². The van der Waals surface area contributed by atoms with Crippen molar-refractivity contribution in [2.24, 2.45) is 5.92 Å². The van der Waals surface area contributed by atoms with Crippen LogP contribution in [0, 0.1) is 12.8 Å². The molecule has 122 valence electrons. The molecule has 8 heteroatoms. The largest absolute Gasteiger partial charge is 0.381 e. The molecule has 1 saturated heterocycles. The number of ether oxygens (including phenoxy) is 1. The summed E-state index contributed by atoms with van der Waals surface area (Å²) >= 11 is 0. The van der Waals surface area contributed by atoms with Gasteiger partial charge in [0.25, 0.3) is 5.91 Å². The van der Waals surface area contributed by atoms with Gasteiger partial charge >= 0.3 is 0 Å². The first-order valence-corrected chi connectivity index (χ1v) is 7.60. The van der Waals surface area contributed by atoms with Gasteiger partial charge in [-0.1, -0.05) is 0 Å². The van der Waals surface area contributed by atoms with E-state index in [9.17, 15) is 4.79 Å². The topological polar surface area (TPSA) is 94.0 Å². The molecule has 1 atom stereocenters. The second-order valence-corrected chi connectivity index (χ2v) is 5.55. The molecule has 0 spiro atoms. The van der Waals surface area contributed by atoms with Gasteiger partial charge in [0.1, 0.15) is 11.5 Å². The quantitative estimate of drug-likeness (QED) is 0.864. The number of hydrogen-bond donors (Lipinski definition) is 2. The number of aromatic nitrogens is 4. The minimum Gasteiger partial charge on any atom is -0.381 e. The van der Waals surface area contributed by atoms with Gasteiger partial charge in [-0.25, -0.2) is 14.6 Å². The average molecular weight is 316 g/mol. The second-order valence-electron chi connectivity index (χ2n) is 5.55. The van der Waals surface area contributed by atoms with Gasteiger partial charge in [-0.3, -0.25) is 4.79 Å². The van der Waals surface area contributed by atoms with E-state index in [2.05, 4.69) is 25.7 Å².